The van der Waals surface area contributed by atoms with Crippen LogP contribution in [0, 0.1) is 5.92 Å². The van der Waals surface area contributed by atoms with Crippen LogP contribution in [0.25, 0.3) is 0 Å². The lowest BCUT2D eigenvalue weighted by Gasteiger charge is -2.36. The van der Waals surface area contributed by atoms with Gasteiger partial charge in [0.1, 0.15) is 6.04 Å². The molecule has 2 heterocycles. The molecule has 0 radical (unpaired) electrons. The number of carbonyl (C=O) groups excluding carboxylic acids is 1. The zero-order chi connectivity index (χ0) is 20.0. The number of nitrogens with one attached hydrogen (secondary N) is 2. The molecule has 2 fully saturated rings. The fourth-order valence-electron chi connectivity index (χ4n) is 3.98. The number of rotatable bonds is 6. The van der Waals surface area contributed by atoms with Crippen LogP contribution in [0.15, 0.2) is 30.3 Å². The monoisotopic (exact) mass is 398 g/mol. The van der Waals surface area contributed by atoms with Gasteiger partial charge in [0.05, 0.1) is 0 Å². The Kier molecular flexibility index (Phi) is 7.31. The number of carbonyl (C=O) groups is 1. The van der Waals surface area contributed by atoms with Crippen molar-refractivity contribution < 1.29 is 18.0 Å². The lowest BCUT2D eigenvalue weighted by molar-refractivity contribution is -0.184. The molecule has 1 atom stereocenters. The molecule has 0 spiro atoms. The van der Waals surface area contributed by atoms with Crippen molar-refractivity contribution in [2.45, 2.75) is 31.6 Å². The SMILES string of the molecule is O=C(NCC(N1CCNCC1)C(F)(F)F)C1CCN(Cc2ccccc2)CC1. The van der Waals surface area contributed by atoms with Crippen LogP contribution in [-0.4, -0.2) is 73.7 Å². The molecule has 0 saturated carbocycles. The molecule has 28 heavy (non-hydrogen) atoms. The third-order valence-electron chi connectivity index (χ3n) is 5.65. The molecule has 5 nitrogen and oxygen atoms in total. The first-order valence-corrected chi connectivity index (χ1v) is 9.99. The van der Waals surface area contributed by atoms with Crippen LogP contribution in [0.4, 0.5) is 13.2 Å². The molecule has 1 aromatic carbocycles. The summed E-state index contributed by atoms with van der Waals surface area (Å²) in [5.74, 6) is -0.451. The standard InChI is InChI=1S/C20H29F3N4O/c21-20(22,23)18(27-12-8-24-9-13-27)14-25-19(28)17-6-10-26(11-7-17)15-16-4-2-1-3-5-16/h1-5,17-18,24H,6-15H2,(H,25,28). The smallest absolute Gasteiger partial charge is 0.354 e. The first-order valence-electron chi connectivity index (χ1n) is 9.99. The quantitative estimate of drug-likeness (QED) is 0.768. The molecule has 156 valence electrons. The molecular weight excluding hydrogens is 369 g/mol. The van der Waals surface area contributed by atoms with Crippen molar-refractivity contribution in [1.82, 2.24) is 20.4 Å². The van der Waals surface area contributed by atoms with Crippen LogP contribution in [0.5, 0.6) is 0 Å². The average molecular weight is 398 g/mol. The third kappa shape index (κ3) is 5.93. The molecule has 2 aliphatic rings. The molecule has 0 aliphatic carbocycles. The maximum atomic E-state index is 13.4. The Morgan fingerprint density at radius 3 is 2.36 bits per heavy atom. The van der Waals surface area contributed by atoms with E-state index < -0.39 is 12.2 Å². The molecule has 8 heteroatoms. The second-order valence-corrected chi connectivity index (χ2v) is 7.62. The van der Waals surface area contributed by atoms with Crippen LogP contribution in [0.1, 0.15) is 18.4 Å². The first-order chi connectivity index (χ1) is 13.4. The number of hydrogen-bond donors (Lipinski definition) is 2. The summed E-state index contributed by atoms with van der Waals surface area (Å²) in [7, 11) is 0. The number of alkyl halides is 3. The molecule has 0 bridgehead atoms. The zero-order valence-electron chi connectivity index (χ0n) is 16.0. The van der Waals surface area contributed by atoms with Gasteiger partial charge in [0, 0.05) is 45.2 Å². The number of likely N-dealkylation sites (tertiary alicyclic amines) is 1. The molecule has 2 aliphatic heterocycles. The largest absolute Gasteiger partial charge is 0.405 e. The Bertz CT molecular complexity index is 612. The van der Waals surface area contributed by atoms with Crippen LogP contribution >= 0.6 is 0 Å². The van der Waals surface area contributed by atoms with Gasteiger partial charge in [-0.1, -0.05) is 30.3 Å². The van der Waals surface area contributed by atoms with E-state index in [1.807, 2.05) is 18.2 Å². The Morgan fingerprint density at radius 1 is 1.11 bits per heavy atom. The minimum atomic E-state index is -4.34. The molecule has 2 N–H and O–H groups in total. The van der Waals surface area contributed by atoms with Gasteiger partial charge < -0.3 is 10.6 Å². The maximum absolute atomic E-state index is 13.4. The van der Waals surface area contributed by atoms with E-state index in [1.165, 1.54) is 10.5 Å². The van der Waals surface area contributed by atoms with E-state index in [9.17, 15) is 18.0 Å². The Hall–Kier alpha value is -1.64. The normalized spacial score (nSPS) is 21.4. The van der Waals surface area contributed by atoms with Crippen molar-refractivity contribution >= 4 is 5.91 Å². The summed E-state index contributed by atoms with van der Waals surface area (Å²) in [4.78, 5) is 16.2. The number of nitrogens with zero attached hydrogens (tertiary/aromatic N) is 2. The number of benzene rings is 1. The first kappa shape index (κ1) is 21.1. The summed E-state index contributed by atoms with van der Waals surface area (Å²) in [6.45, 7) is 3.82. The van der Waals surface area contributed by atoms with Gasteiger partial charge >= 0.3 is 6.18 Å². The summed E-state index contributed by atoms with van der Waals surface area (Å²) in [6, 6.07) is 8.53. The number of piperazine rings is 1. The summed E-state index contributed by atoms with van der Waals surface area (Å²) in [6.07, 6.45) is -2.98. The van der Waals surface area contributed by atoms with E-state index >= 15 is 0 Å². The van der Waals surface area contributed by atoms with E-state index in [-0.39, 0.29) is 18.4 Å². The predicted molar refractivity (Wildman–Crippen MR) is 102 cm³/mol. The van der Waals surface area contributed by atoms with Crippen LogP contribution < -0.4 is 10.6 Å². The van der Waals surface area contributed by atoms with E-state index in [4.69, 9.17) is 0 Å². The van der Waals surface area contributed by atoms with Gasteiger partial charge in [-0.15, -0.1) is 0 Å². The molecule has 1 amide bonds. The average Bonchev–Trinajstić information content (AvgIpc) is 2.69. The predicted octanol–water partition coefficient (Wildman–Crippen LogP) is 1.85. The second-order valence-electron chi connectivity index (χ2n) is 7.62. The summed E-state index contributed by atoms with van der Waals surface area (Å²) in [5.41, 5.74) is 1.23. The van der Waals surface area contributed by atoms with Gasteiger partial charge in [0.15, 0.2) is 0 Å². The lowest BCUT2D eigenvalue weighted by Crippen LogP contribution is -2.58. The number of piperidine rings is 1. The Morgan fingerprint density at radius 2 is 1.75 bits per heavy atom. The van der Waals surface area contributed by atoms with Crippen LogP contribution in [0.2, 0.25) is 0 Å². The molecule has 2 saturated heterocycles. The Labute approximate surface area is 164 Å². The molecule has 3 rings (SSSR count). The maximum Gasteiger partial charge on any atom is 0.405 e. The van der Waals surface area contributed by atoms with Crippen molar-refractivity contribution in [2.24, 2.45) is 5.92 Å². The number of halogens is 3. The fraction of sp³-hybridized carbons (Fsp3) is 0.650. The van der Waals surface area contributed by atoms with E-state index in [1.54, 1.807) is 0 Å². The van der Waals surface area contributed by atoms with Gasteiger partial charge in [-0.2, -0.15) is 13.2 Å². The highest BCUT2D eigenvalue weighted by Gasteiger charge is 2.44. The zero-order valence-corrected chi connectivity index (χ0v) is 16.0. The molecule has 0 aromatic heterocycles. The summed E-state index contributed by atoms with van der Waals surface area (Å²) >= 11 is 0. The van der Waals surface area contributed by atoms with Gasteiger partial charge in [-0.05, 0) is 31.5 Å². The summed E-state index contributed by atoms with van der Waals surface area (Å²) in [5, 5.41) is 5.64. The van der Waals surface area contributed by atoms with E-state index in [0.717, 1.165) is 19.6 Å². The second kappa shape index (κ2) is 9.71. The fourth-order valence-corrected chi connectivity index (χ4v) is 3.98. The van der Waals surface area contributed by atoms with Crippen molar-refractivity contribution in [3.8, 4) is 0 Å². The van der Waals surface area contributed by atoms with Crippen LogP contribution in [-0.2, 0) is 11.3 Å². The highest BCUT2D eigenvalue weighted by atomic mass is 19.4. The lowest BCUT2D eigenvalue weighted by atomic mass is 9.95. The Balaban J connectivity index is 1.45. The number of hydrogen-bond acceptors (Lipinski definition) is 4. The van der Waals surface area contributed by atoms with Gasteiger partial charge in [-0.3, -0.25) is 14.6 Å². The molecular formula is C20H29F3N4O. The molecule has 1 aromatic rings. The third-order valence-corrected chi connectivity index (χ3v) is 5.65. The minimum absolute atomic E-state index is 0.205. The highest BCUT2D eigenvalue weighted by Crippen LogP contribution is 2.25. The topological polar surface area (TPSA) is 47.6 Å². The van der Waals surface area contributed by atoms with Crippen molar-refractivity contribution in [3.05, 3.63) is 35.9 Å². The highest BCUT2D eigenvalue weighted by molar-refractivity contribution is 5.78. The van der Waals surface area contributed by atoms with E-state index in [2.05, 4.69) is 27.7 Å². The number of amides is 1. The van der Waals surface area contributed by atoms with Crippen molar-refractivity contribution in [1.29, 1.82) is 0 Å². The molecule has 1 unspecified atom stereocenters. The van der Waals surface area contributed by atoms with Gasteiger partial charge in [0.25, 0.3) is 0 Å². The van der Waals surface area contributed by atoms with E-state index in [0.29, 0.717) is 39.0 Å². The van der Waals surface area contributed by atoms with Gasteiger partial charge in [-0.25, -0.2) is 0 Å². The van der Waals surface area contributed by atoms with Crippen LogP contribution in [0.3, 0.4) is 0 Å². The van der Waals surface area contributed by atoms with Crippen molar-refractivity contribution in [3.63, 3.8) is 0 Å². The van der Waals surface area contributed by atoms with Crippen molar-refractivity contribution in [2.75, 3.05) is 45.8 Å². The van der Waals surface area contributed by atoms with Gasteiger partial charge in [0.2, 0.25) is 5.91 Å². The minimum Gasteiger partial charge on any atom is -0.354 e. The summed E-state index contributed by atoms with van der Waals surface area (Å²) < 4.78 is 40.3.